The topological polar surface area (TPSA) is 49.4 Å². The molecule has 0 saturated carbocycles. The minimum absolute atomic E-state index is 0.143. The van der Waals surface area contributed by atoms with Crippen LogP contribution in [-0.4, -0.2) is 18.4 Å². The number of carbonyl (C=O) groups excluding carboxylic acids is 2. The van der Waals surface area contributed by atoms with Crippen LogP contribution in [0.25, 0.3) is 0 Å². The predicted octanol–water partition coefficient (Wildman–Crippen LogP) is 4.64. The second-order valence-corrected chi connectivity index (χ2v) is 6.01. The van der Waals surface area contributed by atoms with Gasteiger partial charge in [-0.15, -0.1) is 0 Å². The summed E-state index contributed by atoms with van der Waals surface area (Å²) in [6.07, 6.45) is 0. The molecule has 0 aliphatic heterocycles. The SMILES string of the molecule is CC(=O)N(CC(=O)Nc1ccc(Cl)c(Cl)c1)c1cccc(Cl)c1. The molecule has 0 heterocycles. The van der Waals surface area contributed by atoms with Crippen LogP contribution in [0, 0.1) is 0 Å². The van der Waals surface area contributed by atoms with Crippen LogP contribution in [0.2, 0.25) is 15.1 Å². The molecule has 0 saturated heterocycles. The van der Waals surface area contributed by atoms with Gasteiger partial charge in [0.15, 0.2) is 0 Å². The molecule has 0 aromatic heterocycles. The Balaban J connectivity index is 2.12. The van der Waals surface area contributed by atoms with Gasteiger partial charge in [-0.3, -0.25) is 9.59 Å². The molecule has 0 bridgehead atoms. The second-order valence-electron chi connectivity index (χ2n) is 4.76. The molecule has 2 aromatic rings. The van der Waals surface area contributed by atoms with Crippen molar-refractivity contribution in [2.24, 2.45) is 0 Å². The van der Waals surface area contributed by atoms with Crippen molar-refractivity contribution in [3.63, 3.8) is 0 Å². The number of hydrogen-bond donors (Lipinski definition) is 1. The molecule has 2 rings (SSSR count). The Hall–Kier alpha value is -1.75. The van der Waals surface area contributed by atoms with E-state index in [9.17, 15) is 9.59 Å². The average Bonchev–Trinajstić information content (AvgIpc) is 2.48. The highest BCUT2D eigenvalue weighted by Crippen LogP contribution is 2.25. The van der Waals surface area contributed by atoms with Crippen LogP contribution in [0.4, 0.5) is 11.4 Å². The Bertz CT molecular complexity index is 750. The van der Waals surface area contributed by atoms with Gasteiger partial charge in [-0.2, -0.15) is 0 Å². The predicted molar refractivity (Wildman–Crippen MR) is 94.6 cm³/mol. The zero-order valence-corrected chi connectivity index (χ0v) is 14.4. The van der Waals surface area contributed by atoms with Gasteiger partial charge in [-0.25, -0.2) is 0 Å². The minimum Gasteiger partial charge on any atom is -0.324 e. The molecule has 0 fully saturated rings. The van der Waals surface area contributed by atoms with Crippen molar-refractivity contribution < 1.29 is 9.59 Å². The summed E-state index contributed by atoms with van der Waals surface area (Å²) in [5.41, 5.74) is 1.05. The van der Waals surface area contributed by atoms with E-state index in [-0.39, 0.29) is 18.4 Å². The van der Waals surface area contributed by atoms with Crippen LogP contribution < -0.4 is 10.2 Å². The van der Waals surface area contributed by atoms with Gasteiger partial charge in [0.25, 0.3) is 0 Å². The van der Waals surface area contributed by atoms with Gasteiger partial charge in [0.1, 0.15) is 6.54 Å². The fourth-order valence-electron chi connectivity index (χ4n) is 1.95. The van der Waals surface area contributed by atoms with Crippen LogP contribution in [0.1, 0.15) is 6.92 Å². The Morgan fingerprint density at radius 1 is 1.04 bits per heavy atom. The van der Waals surface area contributed by atoms with Gasteiger partial charge in [-0.05, 0) is 36.4 Å². The number of anilines is 2. The molecule has 4 nitrogen and oxygen atoms in total. The highest BCUT2D eigenvalue weighted by Gasteiger charge is 2.16. The summed E-state index contributed by atoms with van der Waals surface area (Å²) < 4.78 is 0. The molecule has 0 atom stereocenters. The van der Waals surface area contributed by atoms with Crippen molar-refractivity contribution in [2.45, 2.75) is 6.92 Å². The van der Waals surface area contributed by atoms with Gasteiger partial charge in [-0.1, -0.05) is 40.9 Å². The molecule has 0 spiro atoms. The van der Waals surface area contributed by atoms with Crippen molar-refractivity contribution in [3.8, 4) is 0 Å². The number of nitrogens with zero attached hydrogens (tertiary/aromatic N) is 1. The first-order valence-electron chi connectivity index (χ1n) is 6.65. The zero-order valence-electron chi connectivity index (χ0n) is 12.1. The third kappa shape index (κ3) is 4.86. The lowest BCUT2D eigenvalue weighted by Crippen LogP contribution is -2.36. The molecule has 7 heteroatoms. The van der Waals surface area contributed by atoms with Gasteiger partial charge < -0.3 is 10.2 Å². The summed E-state index contributed by atoms with van der Waals surface area (Å²) in [4.78, 5) is 25.3. The van der Waals surface area contributed by atoms with Crippen molar-refractivity contribution in [2.75, 3.05) is 16.8 Å². The van der Waals surface area contributed by atoms with E-state index < -0.39 is 0 Å². The maximum atomic E-state index is 12.2. The molecule has 0 radical (unpaired) electrons. The van der Waals surface area contributed by atoms with E-state index in [4.69, 9.17) is 34.8 Å². The van der Waals surface area contributed by atoms with Gasteiger partial charge in [0, 0.05) is 23.3 Å². The molecular formula is C16H13Cl3N2O2. The number of rotatable bonds is 4. The Morgan fingerprint density at radius 3 is 2.39 bits per heavy atom. The average molecular weight is 372 g/mol. The Kier molecular flexibility index (Phi) is 5.88. The lowest BCUT2D eigenvalue weighted by Gasteiger charge is -2.21. The number of benzene rings is 2. The molecule has 0 aliphatic carbocycles. The van der Waals surface area contributed by atoms with Crippen LogP contribution >= 0.6 is 34.8 Å². The first-order valence-corrected chi connectivity index (χ1v) is 7.79. The summed E-state index contributed by atoms with van der Waals surface area (Å²) in [7, 11) is 0. The van der Waals surface area contributed by atoms with E-state index in [1.807, 2.05) is 0 Å². The molecule has 2 aromatic carbocycles. The molecule has 120 valence electrons. The zero-order chi connectivity index (χ0) is 17.0. The van der Waals surface area contributed by atoms with Crippen molar-refractivity contribution >= 4 is 58.0 Å². The lowest BCUT2D eigenvalue weighted by molar-refractivity contribution is -0.120. The van der Waals surface area contributed by atoms with E-state index in [2.05, 4.69) is 5.32 Å². The second kappa shape index (κ2) is 7.68. The fourth-order valence-corrected chi connectivity index (χ4v) is 2.43. The normalized spacial score (nSPS) is 10.3. The molecule has 2 amide bonds. The van der Waals surface area contributed by atoms with Gasteiger partial charge in [0.05, 0.1) is 10.0 Å². The molecule has 0 aliphatic rings. The highest BCUT2D eigenvalue weighted by molar-refractivity contribution is 6.42. The summed E-state index contributed by atoms with van der Waals surface area (Å²) >= 11 is 17.7. The maximum Gasteiger partial charge on any atom is 0.244 e. The molecular weight excluding hydrogens is 359 g/mol. The molecule has 1 N–H and O–H groups in total. The summed E-state index contributed by atoms with van der Waals surface area (Å²) in [5, 5.41) is 3.89. The number of carbonyl (C=O) groups is 2. The smallest absolute Gasteiger partial charge is 0.244 e. The van der Waals surface area contributed by atoms with Crippen LogP contribution in [0.5, 0.6) is 0 Å². The van der Waals surface area contributed by atoms with Gasteiger partial charge in [0.2, 0.25) is 11.8 Å². The monoisotopic (exact) mass is 370 g/mol. The summed E-state index contributed by atoms with van der Waals surface area (Å²) in [6.45, 7) is 1.24. The molecule has 0 unspecified atom stereocenters. The van der Waals surface area contributed by atoms with Crippen LogP contribution in [0.15, 0.2) is 42.5 Å². The number of nitrogens with one attached hydrogen (secondary N) is 1. The van der Waals surface area contributed by atoms with Crippen molar-refractivity contribution in [1.29, 1.82) is 0 Å². The largest absolute Gasteiger partial charge is 0.324 e. The van der Waals surface area contributed by atoms with E-state index in [0.29, 0.717) is 26.4 Å². The quantitative estimate of drug-likeness (QED) is 0.851. The number of hydrogen-bond acceptors (Lipinski definition) is 2. The first kappa shape index (κ1) is 17.6. The lowest BCUT2D eigenvalue weighted by atomic mass is 10.2. The summed E-state index contributed by atoms with van der Waals surface area (Å²) in [6, 6.07) is 11.5. The maximum absolute atomic E-state index is 12.2. The first-order chi connectivity index (χ1) is 10.9. The standard InChI is InChI=1S/C16H13Cl3N2O2/c1-10(22)21(13-4-2-3-11(17)7-13)9-16(23)20-12-5-6-14(18)15(19)8-12/h2-8H,9H2,1H3,(H,20,23). The third-order valence-electron chi connectivity index (χ3n) is 3.01. The Morgan fingerprint density at radius 2 is 1.78 bits per heavy atom. The van der Waals surface area contributed by atoms with Crippen molar-refractivity contribution in [3.05, 3.63) is 57.5 Å². The Labute approximate surface area is 148 Å². The van der Waals surface area contributed by atoms with Crippen LogP contribution in [0.3, 0.4) is 0 Å². The van der Waals surface area contributed by atoms with E-state index in [0.717, 1.165) is 0 Å². The van der Waals surface area contributed by atoms with E-state index in [1.54, 1.807) is 42.5 Å². The number of halogens is 3. The fraction of sp³-hybridized carbons (Fsp3) is 0.125. The van der Waals surface area contributed by atoms with Crippen LogP contribution in [-0.2, 0) is 9.59 Å². The van der Waals surface area contributed by atoms with E-state index in [1.165, 1.54) is 11.8 Å². The third-order valence-corrected chi connectivity index (χ3v) is 3.98. The highest BCUT2D eigenvalue weighted by atomic mass is 35.5. The molecule has 23 heavy (non-hydrogen) atoms. The van der Waals surface area contributed by atoms with Crippen molar-refractivity contribution in [1.82, 2.24) is 0 Å². The van der Waals surface area contributed by atoms with E-state index >= 15 is 0 Å². The van der Waals surface area contributed by atoms with Gasteiger partial charge >= 0.3 is 0 Å². The number of amides is 2. The summed E-state index contributed by atoms with van der Waals surface area (Å²) in [5.74, 6) is -0.630. The minimum atomic E-state index is -0.362.